The highest BCUT2D eigenvalue weighted by Crippen LogP contribution is 2.13. The smallest absolute Gasteiger partial charge is 0.221 e. The van der Waals surface area contributed by atoms with Crippen molar-refractivity contribution in [2.24, 2.45) is 5.92 Å². The Labute approximate surface area is 91.7 Å². The fourth-order valence-corrected chi connectivity index (χ4v) is 1.39. The molecule has 0 spiro atoms. The van der Waals surface area contributed by atoms with E-state index in [1.807, 2.05) is 18.2 Å². The summed E-state index contributed by atoms with van der Waals surface area (Å²) in [4.78, 5) is 10.9. The van der Waals surface area contributed by atoms with Gasteiger partial charge in [0, 0.05) is 12.6 Å². The lowest BCUT2D eigenvalue weighted by Crippen LogP contribution is -2.06. The predicted octanol–water partition coefficient (Wildman–Crippen LogP) is 3.03. The molecule has 1 rings (SSSR count). The molecule has 0 atom stereocenters. The molecule has 2 heteroatoms. The van der Waals surface area contributed by atoms with Crippen molar-refractivity contribution in [2.75, 3.05) is 5.32 Å². The summed E-state index contributed by atoms with van der Waals surface area (Å²) < 4.78 is 0. The van der Waals surface area contributed by atoms with E-state index in [0.29, 0.717) is 5.92 Å². The Morgan fingerprint density at radius 1 is 1.53 bits per heavy atom. The fourth-order valence-electron chi connectivity index (χ4n) is 1.39. The third-order valence-corrected chi connectivity index (χ3v) is 2.17. The van der Waals surface area contributed by atoms with Crippen LogP contribution >= 0.6 is 0 Å². The number of hydrogen-bond acceptors (Lipinski definition) is 1. The molecule has 1 N–H and O–H groups in total. The van der Waals surface area contributed by atoms with Gasteiger partial charge in [0.15, 0.2) is 0 Å². The first-order chi connectivity index (χ1) is 7.08. The molecular formula is C13H18NO. The molecule has 0 aliphatic carbocycles. The predicted molar refractivity (Wildman–Crippen MR) is 62.7 cm³/mol. The molecule has 0 aliphatic rings. The van der Waals surface area contributed by atoms with E-state index >= 15 is 0 Å². The van der Waals surface area contributed by atoms with Crippen molar-refractivity contribution in [3.8, 4) is 0 Å². The molecule has 2 nitrogen and oxygen atoms in total. The van der Waals surface area contributed by atoms with Gasteiger partial charge >= 0.3 is 0 Å². The van der Waals surface area contributed by atoms with Crippen LogP contribution in [0.4, 0.5) is 5.69 Å². The first-order valence-corrected chi connectivity index (χ1v) is 5.36. The Morgan fingerprint density at radius 3 is 2.87 bits per heavy atom. The quantitative estimate of drug-likeness (QED) is 0.802. The zero-order chi connectivity index (χ0) is 11.3. The summed E-state index contributed by atoms with van der Waals surface area (Å²) in [6.07, 6.45) is 2.17. The molecule has 0 saturated carbocycles. The van der Waals surface area contributed by atoms with Gasteiger partial charge in [-0.15, -0.1) is 0 Å². The third-order valence-electron chi connectivity index (χ3n) is 2.17. The van der Waals surface area contributed by atoms with Gasteiger partial charge < -0.3 is 5.32 Å². The van der Waals surface area contributed by atoms with Crippen LogP contribution in [0.3, 0.4) is 0 Å². The van der Waals surface area contributed by atoms with Gasteiger partial charge in [-0.05, 0) is 42.5 Å². The summed E-state index contributed by atoms with van der Waals surface area (Å²) in [5.41, 5.74) is 2.02. The average molecular weight is 204 g/mol. The molecule has 1 amide bonds. The van der Waals surface area contributed by atoms with Gasteiger partial charge in [-0.1, -0.05) is 19.9 Å². The Bertz CT molecular complexity index is 331. The second kappa shape index (κ2) is 5.54. The van der Waals surface area contributed by atoms with Gasteiger partial charge in [0.25, 0.3) is 0 Å². The van der Waals surface area contributed by atoms with Crippen LogP contribution in [-0.4, -0.2) is 5.91 Å². The average Bonchev–Trinajstić information content (AvgIpc) is 2.14. The summed E-state index contributed by atoms with van der Waals surface area (Å²) in [5, 5.41) is 2.77. The summed E-state index contributed by atoms with van der Waals surface area (Å²) in [6, 6.07) is 8.90. The van der Waals surface area contributed by atoms with Crippen molar-refractivity contribution in [1.29, 1.82) is 0 Å². The highest BCUT2D eigenvalue weighted by Gasteiger charge is 2.00. The lowest BCUT2D eigenvalue weighted by atomic mass is 10.0. The molecule has 1 aromatic rings. The second-order valence-electron chi connectivity index (χ2n) is 4.22. The largest absolute Gasteiger partial charge is 0.326 e. The van der Waals surface area contributed by atoms with E-state index in [1.54, 1.807) is 0 Å². The van der Waals surface area contributed by atoms with E-state index in [0.717, 1.165) is 24.1 Å². The molecule has 0 fully saturated rings. The maximum absolute atomic E-state index is 10.9. The van der Waals surface area contributed by atoms with Gasteiger partial charge in [0.05, 0.1) is 0 Å². The monoisotopic (exact) mass is 204 g/mol. The van der Waals surface area contributed by atoms with E-state index < -0.39 is 0 Å². The van der Waals surface area contributed by atoms with Gasteiger partial charge in [-0.2, -0.15) is 0 Å². The van der Waals surface area contributed by atoms with Crippen molar-refractivity contribution in [2.45, 2.75) is 33.6 Å². The minimum atomic E-state index is -0.0315. The van der Waals surface area contributed by atoms with Gasteiger partial charge in [0.2, 0.25) is 5.91 Å². The van der Waals surface area contributed by atoms with Crippen LogP contribution in [-0.2, 0) is 11.2 Å². The topological polar surface area (TPSA) is 29.1 Å². The van der Waals surface area contributed by atoms with Crippen LogP contribution < -0.4 is 5.32 Å². The normalized spacial score (nSPS) is 10.4. The molecule has 1 aromatic carbocycles. The van der Waals surface area contributed by atoms with E-state index in [9.17, 15) is 4.79 Å². The zero-order valence-electron chi connectivity index (χ0n) is 9.63. The Kier molecular flexibility index (Phi) is 4.35. The van der Waals surface area contributed by atoms with Crippen molar-refractivity contribution in [3.05, 3.63) is 29.8 Å². The van der Waals surface area contributed by atoms with Crippen LogP contribution in [0.15, 0.2) is 18.2 Å². The van der Waals surface area contributed by atoms with Gasteiger partial charge in [-0.25, -0.2) is 0 Å². The van der Waals surface area contributed by atoms with Crippen molar-refractivity contribution in [3.63, 3.8) is 0 Å². The van der Waals surface area contributed by atoms with Crippen LogP contribution in [0, 0.1) is 12.0 Å². The lowest BCUT2D eigenvalue weighted by Gasteiger charge is -2.06. The SMILES string of the molecule is CC(=O)Nc1cc[c]c(CCC(C)C)c1. The molecular weight excluding hydrogens is 186 g/mol. The minimum absolute atomic E-state index is 0.0315. The van der Waals surface area contributed by atoms with E-state index in [1.165, 1.54) is 6.92 Å². The summed E-state index contributed by atoms with van der Waals surface area (Å²) in [5.74, 6) is 0.666. The molecule has 0 heterocycles. The summed E-state index contributed by atoms with van der Waals surface area (Å²) >= 11 is 0. The van der Waals surface area contributed by atoms with Crippen LogP contribution in [0.2, 0.25) is 0 Å². The van der Waals surface area contributed by atoms with Gasteiger partial charge in [0.1, 0.15) is 0 Å². The summed E-state index contributed by atoms with van der Waals surface area (Å²) in [7, 11) is 0. The first kappa shape index (κ1) is 11.8. The molecule has 0 unspecified atom stereocenters. The minimum Gasteiger partial charge on any atom is -0.326 e. The van der Waals surface area contributed by atoms with Crippen molar-refractivity contribution >= 4 is 11.6 Å². The van der Waals surface area contributed by atoms with Crippen molar-refractivity contribution in [1.82, 2.24) is 0 Å². The number of carbonyl (C=O) groups is 1. The zero-order valence-corrected chi connectivity index (χ0v) is 9.63. The molecule has 15 heavy (non-hydrogen) atoms. The molecule has 0 saturated heterocycles. The molecule has 0 aromatic heterocycles. The number of hydrogen-bond donors (Lipinski definition) is 1. The van der Waals surface area contributed by atoms with Gasteiger partial charge in [-0.3, -0.25) is 4.79 Å². The number of aryl methyl sites for hydroxylation is 1. The number of carbonyl (C=O) groups excluding carboxylic acids is 1. The fraction of sp³-hybridized carbons (Fsp3) is 0.462. The summed E-state index contributed by atoms with van der Waals surface area (Å²) in [6.45, 7) is 5.93. The second-order valence-corrected chi connectivity index (χ2v) is 4.22. The number of anilines is 1. The number of rotatable bonds is 4. The highest BCUT2D eigenvalue weighted by molar-refractivity contribution is 5.88. The molecule has 0 aliphatic heterocycles. The molecule has 0 bridgehead atoms. The third kappa shape index (κ3) is 4.63. The van der Waals surface area contributed by atoms with E-state index in [2.05, 4.69) is 25.2 Å². The van der Waals surface area contributed by atoms with Crippen LogP contribution in [0.1, 0.15) is 32.8 Å². The molecule has 1 radical (unpaired) electrons. The first-order valence-electron chi connectivity index (χ1n) is 5.36. The Balaban J connectivity index is 2.61. The van der Waals surface area contributed by atoms with Crippen LogP contribution in [0.5, 0.6) is 0 Å². The number of nitrogens with one attached hydrogen (secondary N) is 1. The maximum Gasteiger partial charge on any atom is 0.221 e. The van der Waals surface area contributed by atoms with E-state index in [-0.39, 0.29) is 5.91 Å². The number of benzene rings is 1. The Hall–Kier alpha value is -1.31. The highest BCUT2D eigenvalue weighted by atomic mass is 16.1. The lowest BCUT2D eigenvalue weighted by molar-refractivity contribution is -0.114. The van der Waals surface area contributed by atoms with Crippen LogP contribution in [0.25, 0.3) is 0 Å². The Morgan fingerprint density at radius 2 is 2.27 bits per heavy atom. The van der Waals surface area contributed by atoms with E-state index in [4.69, 9.17) is 0 Å². The maximum atomic E-state index is 10.9. The molecule has 81 valence electrons. The van der Waals surface area contributed by atoms with Crippen molar-refractivity contribution < 1.29 is 4.79 Å². The standard InChI is InChI=1S/C13H18NO/c1-10(2)7-8-12-5-4-6-13(9-12)14-11(3)15/h4,6,9-10H,7-8H2,1-3H3,(H,14,15). The number of amides is 1.